The highest BCUT2D eigenvalue weighted by molar-refractivity contribution is 5.71. The summed E-state index contributed by atoms with van der Waals surface area (Å²) in [5.41, 5.74) is -6.67. The van der Waals surface area contributed by atoms with Gasteiger partial charge in [-0.2, -0.15) is 18.2 Å². The first-order chi connectivity index (χ1) is 17.2. The standard InChI is InChI=1S/C20H15F4N5O8/c1-9-25-7-14(18(26-9)36-8-17(31)35-3)37-13-5-11(10(21)4-12(13)29(33)34)28-16(30)6-15(20(22,23)24)27(2)19(28)32/h4-7H,8H2,1-3H3. The van der Waals surface area contributed by atoms with Crippen LogP contribution in [0.25, 0.3) is 5.69 Å². The summed E-state index contributed by atoms with van der Waals surface area (Å²) in [6.07, 6.45) is -4.06. The Morgan fingerprint density at radius 2 is 1.86 bits per heavy atom. The topological polar surface area (TPSA) is 158 Å². The van der Waals surface area contributed by atoms with Crippen LogP contribution in [0.3, 0.4) is 0 Å². The fourth-order valence-corrected chi connectivity index (χ4v) is 2.96. The molecule has 0 amide bonds. The molecule has 0 saturated heterocycles. The van der Waals surface area contributed by atoms with E-state index in [1.807, 2.05) is 0 Å². The predicted molar refractivity (Wildman–Crippen MR) is 113 cm³/mol. The highest BCUT2D eigenvalue weighted by atomic mass is 19.4. The van der Waals surface area contributed by atoms with E-state index in [-0.39, 0.29) is 26.9 Å². The summed E-state index contributed by atoms with van der Waals surface area (Å²) in [6, 6.07) is 0.932. The van der Waals surface area contributed by atoms with E-state index in [4.69, 9.17) is 9.47 Å². The van der Waals surface area contributed by atoms with Crippen molar-refractivity contribution < 1.29 is 41.5 Å². The molecule has 2 heterocycles. The number of nitrogens with zero attached hydrogens (tertiary/aromatic N) is 5. The third kappa shape index (κ3) is 5.54. The maximum Gasteiger partial charge on any atom is 0.431 e. The summed E-state index contributed by atoms with van der Waals surface area (Å²) in [5, 5.41) is 11.5. The van der Waals surface area contributed by atoms with Gasteiger partial charge in [0.15, 0.2) is 12.4 Å². The molecule has 37 heavy (non-hydrogen) atoms. The minimum absolute atomic E-state index is 0.0431. The Hall–Kier alpha value is -4.83. The van der Waals surface area contributed by atoms with Gasteiger partial charge in [-0.25, -0.2) is 23.5 Å². The van der Waals surface area contributed by atoms with Crippen molar-refractivity contribution in [1.82, 2.24) is 19.1 Å². The summed E-state index contributed by atoms with van der Waals surface area (Å²) in [6.45, 7) is 0.803. The number of nitro groups is 1. The lowest BCUT2D eigenvalue weighted by Crippen LogP contribution is -2.41. The van der Waals surface area contributed by atoms with Crippen molar-refractivity contribution in [3.05, 3.63) is 72.7 Å². The quantitative estimate of drug-likeness (QED) is 0.192. The maximum absolute atomic E-state index is 14.8. The number of hydrogen-bond donors (Lipinski definition) is 0. The summed E-state index contributed by atoms with van der Waals surface area (Å²) in [7, 11) is 1.79. The van der Waals surface area contributed by atoms with Gasteiger partial charge in [0.2, 0.25) is 11.5 Å². The second-order valence-electron chi connectivity index (χ2n) is 7.12. The van der Waals surface area contributed by atoms with Crippen molar-refractivity contribution in [2.75, 3.05) is 13.7 Å². The van der Waals surface area contributed by atoms with Crippen LogP contribution in [-0.4, -0.2) is 43.7 Å². The first-order valence-corrected chi connectivity index (χ1v) is 9.84. The highest BCUT2D eigenvalue weighted by Gasteiger charge is 2.35. The molecule has 0 radical (unpaired) electrons. The molecule has 2 aromatic heterocycles. The number of halogens is 4. The monoisotopic (exact) mass is 529 g/mol. The van der Waals surface area contributed by atoms with Gasteiger partial charge >= 0.3 is 23.5 Å². The van der Waals surface area contributed by atoms with Crippen molar-refractivity contribution in [2.24, 2.45) is 7.05 Å². The van der Waals surface area contributed by atoms with E-state index in [1.165, 1.54) is 6.92 Å². The number of methoxy groups -OCH3 is 1. The van der Waals surface area contributed by atoms with Crippen molar-refractivity contribution in [3.8, 4) is 23.1 Å². The average molecular weight is 529 g/mol. The SMILES string of the molecule is COC(=O)COc1nc(C)ncc1Oc1cc(-n2c(=O)cc(C(F)(F)F)n(C)c2=O)c(F)cc1[N+](=O)[O-]. The number of rotatable bonds is 7. The summed E-state index contributed by atoms with van der Waals surface area (Å²) < 4.78 is 69.4. The summed E-state index contributed by atoms with van der Waals surface area (Å²) in [4.78, 5) is 54.6. The molecule has 0 bridgehead atoms. The molecule has 1 aromatic carbocycles. The van der Waals surface area contributed by atoms with Crippen LogP contribution >= 0.6 is 0 Å². The first kappa shape index (κ1) is 26.8. The normalized spacial score (nSPS) is 11.2. The number of benzene rings is 1. The number of nitro benzene ring substituents is 1. The van der Waals surface area contributed by atoms with Crippen LogP contribution in [0.5, 0.6) is 17.4 Å². The van der Waals surface area contributed by atoms with Gasteiger partial charge < -0.3 is 14.2 Å². The third-order valence-electron chi connectivity index (χ3n) is 4.69. The van der Waals surface area contributed by atoms with Gasteiger partial charge in [-0.15, -0.1) is 0 Å². The van der Waals surface area contributed by atoms with Gasteiger partial charge in [0.25, 0.3) is 11.4 Å². The molecule has 13 nitrogen and oxygen atoms in total. The van der Waals surface area contributed by atoms with Gasteiger partial charge in [-0.05, 0) is 6.92 Å². The molecule has 0 spiro atoms. The smallest absolute Gasteiger partial charge is 0.431 e. The Bertz CT molecular complexity index is 1520. The fraction of sp³-hybridized carbons (Fsp3) is 0.250. The molecule has 0 N–H and O–H groups in total. The minimum atomic E-state index is -5.07. The Morgan fingerprint density at radius 3 is 2.46 bits per heavy atom. The minimum Gasteiger partial charge on any atom is -0.466 e. The number of hydrogen-bond acceptors (Lipinski definition) is 10. The Kier molecular flexibility index (Phi) is 7.26. The zero-order valence-corrected chi connectivity index (χ0v) is 19.0. The largest absolute Gasteiger partial charge is 0.466 e. The lowest BCUT2D eigenvalue weighted by atomic mass is 10.2. The first-order valence-electron chi connectivity index (χ1n) is 9.84. The summed E-state index contributed by atoms with van der Waals surface area (Å²) >= 11 is 0. The van der Waals surface area contributed by atoms with E-state index >= 15 is 0 Å². The van der Waals surface area contributed by atoms with E-state index < -0.39 is 69.3 Å². The van der Waals surface area contributed by atoms with Crippen molar-refractivity contribution >= 4 is 11.7 Å². The number of aryl methyl sites for hydroxylation is 1. The Balaban J connectivity index is 2.19. The van der Waals surface area contributed by atoms with Crippen molar-refractivity contribution in [2.45, 2.75) is 13.1 Å². The van der Waals surface area contributed by atoms with Crippen molar-refractivity contribution in [1.29, 1.82) is 0 Å². The second-order valence-corrected chi connectivity index (χ2v) is 7.12. The lowest BCUT2D eigenvalue weighted by molar-refractivity contribution is -0.385. The average Bonchev–Trinajstić information content (AvgIpc) is 2.81. The maximum atomic E-state index is 14.8. The van der Waals surface area contributed by atoms with Crippen LogP contribution in [-0.2, 0) is 22.8 Å². The zero-order valence-electron chi connectivity index (χ0n) is 19.0. The molecule has 0 fully saturated rings. The number of ether oxygens (including phenoxy) is 3. The lowest BCUT2D eigenvalue weighted by Gasteiger charge is -2.15. The predicted octanol–water partition coefficient (Wildman–Crippen LogP) is 2.04. The highest BCUT2D eigenvalue weighted by Crippen LogP contribution is 2.37. The molecular weight excluding hydrogens is 514 g/mol. The molecule has 0 unspecified atom stereocenters. The van der Waals surface area contributed by atoms with Gasteiger partial charge in [-0.1, -0.05) is 0 Å². The van der Waals surface area contributed by atoms with Gasteiger partial charge in [-0.3, -0.25) is 19.5 Å². The number of carbonyl (C=O) groups excluding carboxylic acids is 1. The number of carbonyl (C=O) groups is 1. The van der Waals surface area contributed by atoms with E-state index in [9.17, 15) is 42.1 Å². The second kappa shape index (κ2) is 10.0. The summed E-state index contributed by atoms with van der Waals surface area (Å²) in [5.74, 6) is -3.69. The van der Waals surface area contributed by atoms with Gasteiger partial charge in [0.05, 0.1) is 30.0 Å². The van der Waals surface area contributed by atoms with E-state index in [1.54, 1.807) is 0 Å². The fourth-order valence-electron chi connectivity index (χ4n) is 2.96. The molecule has 0 atom stereocenters. The number of alkyl halides is 3. The van der Waals surface area contributed by atoms with Crippen LogP contribution < -0.4 is 20.7 Å². The van der Waals surface area contributed by atoms with Crippen molar-refractivity contribution in [3.63, 3.8) is 0 Å². The Labute approximate surface area is 202 Å². The Morgan fingerprint density at radius 1 is 1.19 bits per heavy atom. The number of esters is 1. The third-order valence-corrected chi connectivity index (χ3v) is 4.69. The van der Waals surface area contributed by atoms with Crippen LogP contribution in [0.1, 0.15) is 11.5 Å². The van der Waals surface area contributed by atoms with Crippen LogP contribution in [0.15, 0.2) is 34.0 Å². The molecule has 3 aromatic rings. The van der Waals surface area contributed by atoms with Gasteiger partial charge in [0, 0.05) is 19.2 Å². The molecular formula is C20H15F4N5O8. The number of aromatic nitrogens is 4. The molecule has 0 aliphatic rings. The molecule has 3 rings (SSSR count). The molecule has 196 valence electrons. The van der Waals surface area contributed by atoms with Gasteiger partial charge in [0.1, 0.15) is 11.5 Å². The van der Waals surface area contributed by atoms with E-state index in [0.717, 1.165) is 13.3 Å². The zero-order chi connectivity index (χ0) is 27.7. The van der Waals surface area contributed by atoms with Crippen LogP contribution in [0.4, 0.5) is 23.2 Å². The van der Waals surface area contributed by atoms with E-state index in [2.05, 4.69) is 14.7 Å². The van der Waals surface area contributed by atoms with Crippen LogP contribution in [0.2, 0.25) is 0 Å². The molecule has 0 saturated carbocycles. The van der Waals surface area contributed by atoms with Crippen LogP contribution in [0, 0.1) is 22.9 Å². The van der Waals surface area contributed by atoms with E-state index in [0.29, 0.717) is 19.2 Å². The molecule has 17 heteroatoms. The molecule has 0 aliphatic heterocycles. The molecule has 0 aliphatic carbocycles.